The normalized spacial score (nSPS) is 15.6. The Morgan fingerprint density at radius 1 is 1.58 bits per heavy atom. The van der Waals surface area contributed by atoms with Gasteiger partial charge in [0.25, 0.3) is 0 Å². The standard InChI is InChI=1S/C8H13N3O/c1-5(12)8(10)7-4-6(9)2-3-11-7/h2-5,8,12H,10H2,1H3,(H2,9,11)/t5-,8-/m0/s1. The summed E-state index contributed by atoms with van der Waals surface area (Å²) >= 11 is 0. The molecule has 0 aliphatic heterocycles. The minimum Gasteiger partial charge on any atom is -0.399 e. The Morgan fingerprint density at radius 2 is 2.25 bits per heavy atom. The molecule has 1 heterocycles. The van der Waals surface area contributed by atoms with Gasteiger partial charge in [0.2, 0.25) is 0 Å². The van der Waals surface area contributed by atoms with Gasteiger partial charge < -0.3 is 16.6 Å². The van der Waals surface area contributed by atoms with Crippen LogP contribution in [0.15, 0.2) is 18.3 Å². The highest BCUT2D eigenvalue weighted by molar-refractivity contribution is 5.38. The number of nitrogens with zero attached hydrogens (tertiary/aromatic N) is 1. The molecule has 0 aliphatic carbocycles. The molecule has 4 nitrogen and oxygen atoms in total. The van der Waals surface area contributed by atoms with Crippen molar-refractivity contribution in [3.63, 3.8) is 0 Å². The molecular weight excluding hydrogens is 154 g/mol. The maximum Gasteiger partial charge on any atom is 0.0731 e. The second-order valence-electron chi connectivity index (χ2n) is 2.78. The quantitative estimate of drug-likeness (QED) is 0.580. The number of nitrogen functional groups attached to an aromatic ring is 1. The van der Waals surface area contributed by atoms with Gasteiger partial charge in [0.15, 0.2) is 0 Å². The predicted molar refractivity (Wildman–Crippen MR) is 47.3 cm³/mol. The van der Waals surface area contributed by atoms with E-state index in [0.717, 1.165) is 0 Å². The Balaban J connectivity index is 2.88. The summed E-state index contributed by atoms with van der Waals surface area (Å²) < 4.78 is 0. The maximum absolute atomic E-state index is 9.16. The molecule has 0 aromatic carbocycles. The molecule has 0 saturated carbocycles. The van der Waals surface area contributed by atoms with Gasteiger partial charge in [0.05, 0.1) is 17.8 Å². The molecule has 0 spiro atoms. The Morgan fingerprint density at radius 3 is 2.75 bits per heavy atom. The molecule has 0 aliphatic rings. The van der Waals surface area contributed by atoms with Crippen molar-refractivity contribution in [2.24, 2.45) is 5.73 Å². The number of hydrogen-bond acceptors (Lipinski definition) is 4. The maximum atomic E-state index is 9.16. The van der Waals surface area contributed by atoms with Crippen LogP contribution in [0.1, 0.15) is 18.7 Å². The molecule has 12 heavy (non-hydrogen) atoms. The second kappa shape index (κ2) is 3.51. The van der Waals surface area contributed by atoms with Gasteiger partial charge in [-0.2, -0.15) is 0 Å². The molecule has 66 valence electrons. The van der Waals surface area contributed by atoms with Crippen molar-refractivity contribution in [1.82, 2.24) is 4.98 Å². The Hall–Kier alpha value is -1.13. The van der Waals surface area contributed by atoms with Gasteiger partial charge in [-0.15, -0.1) is 0 Å². The van der Waals surface area contributed by atoms with Crippen LogP contribution in [0.25, 0.3) is 0 Å². The Labute approximate surface area is 71.2 Å². The fourth-order valence-corrected chi connectivity index (χ4v) is 0.895. The smallest absolute Gasteiger partial charge is 0.0731 e. The molecule has 2 atom stereocenters. The third-order valence-corrected chi connectivity index (χ3v) is 1.67. The summed E-state index contributed by atoms with van der Waals surface area (Å²) in [6, 6.07) is 2.88. The number of nitrogens with two attached hydrogens (primary N) is 2. The highest BCUT2D eigenvalue weighted by Gasteiger charge is 2.12. The van der Waals surface area contributed by atoms with Crippen LogP contribution in [-0.2, 0) is 0 Å². The zero-order valence-electron chi connectivity index (χ0n) is 6.94. The van der Waals surface area contributed by atoms with Crippen LogP contribution in [0, 0.1) is 0 Å². The van der Waals surface area contributed by atoms with Crippen molar-refractivity contribution in [1.29, 1.82) is 0 Å². The molecule has 0 amide bonds. The molecule has 0 unspecified atom stereocenters. The van der Waals surface area contributed by atoms with Crippen molar-refractivity contribution in [3.8, 4) is 0 Å². The third kappa shape index (κ3) is 1.93. The fourth-order valence-electron chi connectivity index (χ4n) is 0.895. The first-order valence-electron chi connectivity index (χ1n) is 3.76. The van der Waals surface area contributed by atoms with Crippen molar-refractivity contribution in [2.75, 3.05) is 5.73 Å². The zero-order valence-corrected chi connectivity index (χ0v) is 6.94. The topological polar surface area (TPSA) is 85.2 Å². The van der Waals surface area contributed by atoms with Crippen LogP contribution in [0.5, 0.6) is 0 Å². The van der Waals surface area contributed by atoms with Crippen LogP contribution in [0.2, 0.25) is 0 Å². The minimum atomic E-state index is -0.612. The lowest BCUT2D eigenvalue weighted by Crippen LogP contribution is -2.24. The van der Waals surface area contributed by atoms with E-state index in [-0.39, 0.29) is 0 Å². The van der Waals surface area contributed by atoms with E-state index in [9.17, 15) is 0 Å². The van der Waals surface area contributed by atoms with E-state index < -0.39 is 12.1 Å². The SMILES string of the molecule is C[C@H](O)[C@H](N)c1cc(N)ccn1. The van der Waals surface area contributed by atoms with Crippen molar-refractivity contribution in [3.05, 3.63) is 24.0 Å². The monoisotopic (exact) mass is 167 g/mol. The number of aromatic nitrogens is 1. The summed E-state index contributed by atoms with van der Waals surface area (Å²) in [7, 11) is 0. The Kier molecular flexibility index (Phi) is 2.62. The molecule has 0 radical (unpaired) electrons. The Bertz CT molecular complexity index is 262. The average Bonchev–Trinajstić information content (AvgIpc) is 2.03. The van der Waals surface area contributed by atoms with Crippen molar-refractivity contribution >= 4 is 5.69 Å². The predicted octanol–water partition coefficient (Wildman–Crippen LogP) is 0.0444. The third-order valence-electron chi connectivity index (χ3n) is 1.67. The minimum absolute atomic E-state index is 0.464. The number of anilines is 1. The molecule has 4 heteroatoms. The molecule has 1 aromatic heterocycles. The highest BCUT2D eigenvalue weighted by atomic mass is 16.3. The van der Waals surface area contributed by atoms with E-state index >= 15 is 0 Å². The highest BCUT2D eigenvalue weighted by Crippen LogP contribution is 2.13. The van der Waals surface area contributed by atoms with E-state index in [2.05, 4.69) is 4.98 Å². The molecular formula is C8H13N3O. The summed E-state index contributed by atoms with van der Waals surface area (Å²) in [5.41, 5.74) is 12.4. The molecule has 5 N–H and O–H groups in total. The van der Waals surface area contributed by atoms with Gasteiger partial charge in [-0.05, 0) is 19.1 Å². The first-order valence-corrected chi connectivity index (χ1v) is 3.76. The molecule has 0 fully saturated rings. The fraction of sp³-hybridized carbons (Fsp3) is 0.375. The van der Waals surface area contributed by atoms with Crippen LogP contribution >= 0.6 is 0 Å². The van der Waals surface area contributed by atoms with Crippen LogP contribution < -0.4 is 11.5 Å². The molecule has 1 aromatic rings. The van der Waals surface area contributed by atoms with Gasteiger partial charge in [0.1, 0.15) is 0 Å². The number of aliphatic hydroxyl groups is 1. The molecule has 1 rings (SSSR count). The zero-order chi connectivity index (χ0) is 9.14. The number of hydrogen-bond donors (Lipinski definition) is 3. The number of rotatable bonds is 2. The van der Waals surface area contributed by atoms with Crippen molar-refractivity contribution < 1.29 is 5.11 Å². The second-order valence-corrected chi connectivity index (χ2v) is 2.78. The lowest BCUT2D eigenvalue weighted by Gasteiger charge is -2.13. The van der Waals surface area contributed by atoms with Crippen molar-refractivity contribution in [2.45, 2.75) is 19.1 Å². The largest absolute Gasteiger partial charge is 0.399 e. The summed E-state index contributed by atoms with van der Waals surface area (Å²) in [6.07, 6.45) is 0.965. The van der Waals surface area contributed by atoms with E-state index in [1.807, 2.05) is 0 Å². The number of aliphatic hydroxyl groups excluding tert-OH is 1. The number of pyridine rings is 1. The van der Waals surface area contributed by atoms with Crippen LogP contribution in [0.4, 0.5) is 5.69 Å². The summed E-state index contributed by atoms with van der Waals surface area (Å²) in [6.45, 7) is 1.62. The van der Waals surface area contributed by atoms with E-state index in [1.54, 1.807) is 25.3 Å². The van der Waals surface area contributed by atoms with Crippen LogP contribution in [-0.4, -0.2) is 16.2 Å². The summed E-state index contributed by atoms with van der Waals surface area (Å²) in [5, 5.41) is 9.16. The van der Waals surface area contributed by atoms with E-state index in [1.165, 1.54) is 0 Å². The first kappa shape index (κ1) is 8.96. The van der Waals surface area contributed by atoms with Gasteiger partial charge in [-0.3, -0.25) is 4.98 Å². The van der Waals surface area contributed by atoms with Gasteiger partial charge >= 0.3 is 0 Å². The first-order chi connectivity index (χ1) is 5.61. The summed E-state index contributed by atoms with van der Waals surface area (Å²) in [4.78, 5) is 4.00. The summed E-state index contributed by atoms with van der Waals surface area (Å²) in [5.74, 6) is 0. The van der Waals surface area contributed by atoms with Gasteiger partial charge in [-0.1, -0.05) is 0 Å². The lowest BCUT2D eigenvalue weighted by atomic mass is 10.1. The molecule has 0 saturated heterocycles. The van der Waals surface area contributed by atoms with E-state index in [4.69, 9.17) is 16.6 Å². The van der Waals surface area contributed by atoms with Gasteiger partial charge in [0, 0.05) is 11.9 Å². The van der Waals surface area contributed by atoms with Crippen LogP contribution in [0.3, 0.4) is 0 Å². The van der Waals surface area contributed by atoms with E-state index in [0.29, 0.717) is 11.4 Å². The molecule has 0 bridgehead atoms. The van der Waals surface area contributed by atoms with Gasteiger partial charge in [-0.25, -0.2) is 0 Å². The lowest BCUT2D eigenvalue weighted by molar-refractivity contribution is 0.162. The average molecular weight is 167 g/mol.